The Hall–Kier alpha value is -2.01. The van der Waals surface area contributed by atoms with Crippen molar-refractivity contribution in [3.63, 3.8) is 0 Å². The van der Waals surface area contributed by atoms with Crippen molar-refractivity contribution in [1.29, 1.82) is 0 Å². The van der Waals surface area contributed by atoms with E-state index < -0.39 is 0 Å². The van der Waals surface area contributed by atoms with Gasteiger partial charge in [-0.15, -0.1) is 0 Å². The van der Waals surface area contributed by atoms with E-state index >= 15 is 0 Å². The van der Waals surface area contributed by atoms with Crippen LogP contribution in [-0.4, -0.2) is 43.6 Å². The Balaban J connectivity index is 1.74. The molecule has 0 bridgehead atoms. The maximum Gasteiger partial charge on any atom is 0.287 e. The summed E-state index contributed by atoms with van der Waals surface area (Å²) in [6.45, 7) is 6.90. The SMILES string of the molecule is CCN1CCCC1CNC(=O)c1oc2ccc(OC)cc2c1C. The molecule has 124 valence electrons. The van der Waals surface area contributed by atoms with E-state index in [1.807, 2.05) is 25.1 Å². The molecule has 1 aliphatic heterocycles. The molecule has 3 rings (SSSR count). The summed E-state index contributed by atoms with van der Waals surface area (Å²) in [5, 5.41) is 3.95. The summed E-state index contributed by atoms with van der Waals surface area (Å²) in [6.07, 6.45) is 2.35. The van der Waals surface area contributed by atoms with Gasteiger partial charge in [-0.2, -0.15) is 0 Å². The first-order valence-electron chi connectivity index (χ1n) is 8.23. The average Bonchev–Trinajstić information content (AvgIpc) is 3.16. The minimum absolute atomic E-state index is 0.138. The van der Waals surface area contributed by atoms with Crippen LogP contribution in [0.3, 0.4) is 0 Å². The topological polar surface area (TPSA) is 54.7 Å². The molecule has 5 heteroatoms. The highest BCUT2D eigenvalue weighted by molar-refractivity contribution is 5.99. The van der Waals surface area contributed by atoms with E-state index in [4.69, 9.17) is 9.15 Å². The summed E-state index contributed by atoms with van der Waals surface area (Å²) in [5.41, 5.74) is 1.57. The number of amides is 1. The quantitative estimate of drug-likeness (QED) is 0.921. The van der Waals surface area contributed by atoms with Gasteiger partial charge in [-0.25, -0.2) is 0 Å². The number of aryl methyl sites for hydroxylation is 1. The third kappa shape index (κ3) is 3.06. The molecule has 0 radical (unpaired) electrons. The Morgan fingerprint density at radius 3 is 3.04 bits per heavy atom. The van der Waals surface area contributed by atoms with Crippen LogP contribution in [0, 0.1) is 6.92 Å². The molecule has 0 aliphatic carbocycles. The number of nitrogens with one attached hydrogen (secondary N) is 1. The van der Waals surface area contributed by atoms with Gasteiger partial charge in [-0.3, -0.25) is 9.69 Å². The van der Waals surface area contributed by atoms with Gasteiger partial charge < -0.3 is 14.5 Å². The largest absolute Gasteiger partial charge is 0.497 e. The number of furan rings is 1. The number of likely N-dealkylation sites (N-methyl/N-ethyl adjacent to an activating group) is 1. The lowest BCUT2D eigenvalue weighted by atomic mass is 10.1. The number of carbonyl (C=O) groups is 1. The van der Waals surface area contributed by atoms with Crippen LogP contribution < -0.4 is 10.1 Å². The molecule has 2 heterocycles. The molecule has 1 N–H and O–H groups in total. The van der Waals surface area contributed by atoms with E-state index in [-0.39, 0.29) is 5.91 Å². The number of carbonyl (C=O) groups excluding carboxylic acids is 1. The Morgan fingerprint density at radius 1 is 1.48 bits per heavy atom. The van der Waals surface area contributed by atoms with E-state index in [1.54, 1.807) is 7.11 Å². The van der Waals surface area contributed by atoms with Crippen molar-refractivity contribution in [2.75, 3.05) is 26.7 Å². The predicted molar refractivity (Wildman–Crippen MR) is 90.1 cm³/mol. The summed E-state index contributed by atoms with van der Waals surface area (Å²) in [4.78, 5) is 14.9. The number of hydrogen-bond acceptors (Lipinski definition) is 4. The van der Waals surface area contributed by atoms with E-state index in [0.717, 1.165) is 36.2 Å². The van der Waals surface area contributed by atoms with Crippen molar-refractivity contribution in [3.05, 3.63) is 29.5 Å². The average molecular weight is 316 g/mol. The molecular weight excluding hydrogens is 292 g/mol. The summed E-state index contributed by atoms with van der Waals surface area (Å²) in [7, 11) is 1.63. The minimum atomic E-state index is -0.138. The number of hydrogen-bond donors (Lipinski definition) is 1. The van der Waals surface area contributed by atoms with Gasteiger partial charge >= 0.3 is 0 Å². The molecule has 2 aromatic rings. The van der Waals surface area contributed by atoms with Crippen molar-refractivity contribution in [2.45, 2.75) is 32.7 Å². The van der Waals surface area contributed by atoms with Crippen molar-refractivity contribution in [3.8, 4) is 5.75 Å². The second kappa shape index (κ2) is 6.62. The van der Waals surface area contributed by atoms with Gasteiger partial charge in [0.1, 0.15) is 11.3 Å². The summed E-state index contributed by atoms with van der Waals surface area (Å²) in [6, 6.07) is 6.02. The lowest BCUT2D eigenvalue weighted by Gasteiger charge is -2.22. The van der Waals surface area contributed by atoms with Gasteiger partial charge in [0.2, 0.25) is 0 Å². The standard InChI is InChI=1S/C18H24N2O3/c1-4-20-9-5-6-13(20)11-19-18(21)17-12(2)15-10-14(22-3)7-8-16(15)23-17/h7-8,10,13H,4-6,9,11H2,1-3H3,(H,19,21). The first kappa shape index (κ1) is 15.9. The third-order valence-corrected chi connectivity index (χ3v) is 4.75. The number of likely N-dealkylation sites (tertiary alicyclic amines) is 1. The van der Waals surface area contributed by atoms with E-state index in [1.165, 1.54) is 6.42 Å². The predicted octanol–water partition coefficient (Wildman–Crippen LogP) is 2.96. The molecule has 1 amide bonds. The smallest absolute Gasteiger partial charge is 0.287 e. The monoisotopic (exact) mass is 316 g/mol. The van der Waals surface area contributed by atoms with E-state index in [9.17, 15) is 4.79 Å². The molecular formula is C18H24N2O3. The molecule has 1 aromatic carbocycles. The molecule has 0 spiro atoms. The highest BCUT2D eigenvalue weighted by atomic mass is 16.5. The summed E-state index contributed by atoms with van der Waals surface area (Å²) in [5.74, 6) is 1.02. The zero-order valence-corrected chi connectivity index (χ0v) is 14.0. The van der Waals surface area contributed by atoms with Crippen LogP contribution in [0.25, 0.3) is 11.0 Å². The fourth-order valence-electron chi connectivity index (χ4n) is 3.38. The molecule has 1 aliphatic rings. The van der Waals surface area contributed by atoms with E-state index in [2.05, 4.69) is 17.1 Å². The third-order valence-electron chi connectivity index (χ3n) is 4.75. The van der Waals surface area contributed by atoms with Crippen molar-refractivity contribution in [2.24, 2.45) is 0 Å². The van der Waals surface area contributed by atoms with Gasteiger partial charge in [0.25, 0.3) is 5.91 Å². The first-order chi connectivity index (χ1) is 11.1. The minimum Gasteiger partial charge on any atom is -0.497 e. The Labute approximate surface area is 136 Å². The van der Waals surface area contributed by atoms with E-state index in [0.29, 0.717) is 23.9 Å². The Kier molecular flexibility index (Phi) is 4.57. The van der Waals surface area contributed by atoms with Crippen molar-refractivity contribution >= 4 is 16.9 Å². The number of rotatable bonds is 5. The molecule has 0 saturated carbocycles. The fraction of sp³-hybridized carbons (Fsp3) is 0.500. The van der Waals surface area contributed by atoms with Gasteiger partial charge in [-0.05, 0) is 51.1 Å². The van der Waals surface area contributed by atoms with Crippen LogP contribution >= 0.6 is 0 Å². The Bertz CT molecular complexity index is 708. The van der Waals surface area contributed by atoms with Crippen LogP contribution in [0.2, 0.25) is 0 Å². The van der Waals surface area contributed by atoms with Crippen molar-refractivity contribution < 1.29 is 13.9 Å². The highest BCUT2D eigenvalue weighted by Gasteiger charge is 2.24. The second-order valence-corrected chi connectivity index (χ2v) is 6.05. The number of methoxy groups -OCH3 is 1. The molecule has 5 nitrogen and oxygen atoms in total. The molecule has 1 fully saturated rings. The Morgan fingerprint density at radius 2 is 2.30 bits per heavy atom. The summed E-state index contributed by atoms with van der Waals surface area (Å²) < 4.78 is 11.0. The second-order valence-electron chi connectivity index (χ2n) is 6.05. The number of ether oxygens (including phenoxy) is 1. The van der Waals surface area contributed by atoms with Crippen LogP contribution in [0.5, 0.6) is 5.75 Å². The lowest BCUT2D eigenvalue weighted by Crippen LogP contribution is -2.40. The maximum atomic E-state index is 12.5. The number of benzene rings is 1. The van der Waals surface area contributed by atoms with Crippen LogP contribution in [0.15, 0.2) is 22.6 Å². The maximum absolute atomic E-state index is 12.5. The molecule has 23 heavy (non-hydrogen) atoms. The molecule has 1 saturated heterocycles. The van der Waals surface area contributed by atoms with Gasteiger partial charge in [0, 0.05) is 23.5 Å². The summed E-state index contributed by atoms with van der Waals surface area (Å²) >= 11 is 0. The van der Waals surface area contributed by atoms with Gasteiger partial charge in [-0.1, -0.05) is 6.92 Å². The van der Waals surface area contributed by atoms with Gasteiger partial charge in [0.05, 0.1) is 7.11 Å². The molecule has 1 unspecified atom stereocenters. The van der Waals surface area contributed by atoms with Crippen LogP contribution in [0.1, 0.15) is 35.9 Å². The zero-order valence-electron chi connectivity index (χ0n) is 14.0. The van der Waals surface area contributed by atoms with Gasteiger partial charge in [0.15, 0.2) is 5.76 Å². The molecule has 1 aromatic heterocycles. The first-order valence-corrected chi connectivity index (χ1v) is 8.23. The lowest BCUT2D eigenvalue weighted by molar-refractivity contribution is 0.0915. The fourth-order valence-corrected chi connectivity index (χ4v) is 3.38. The number of nitrogens with zero attached hydrogens (tertiary/aromatic N) is 1. The normalized spacial score (nSPS) is 18.5. The van der Waals surface area contributed by atoms with Crippen LogP contribution in [-0.2, 0) is 0 Å². The number of fused-ring (bicyclic) bond motifs is 1. The zero-order chi connectivity index (χ0) is 16.4. The highest BCUT2D eigenvalue weighted by Crippen LogP contribution is 2.28. The molecule has 1 atom stereocenters. The van der Waals surface area contributed by atoms with Crippen molar-refractivity contribution in [1.82, 2.24) is 10.2 Å². The van der Waals surface area contributed by atoms with Crippen LogP contribution in [0.4, 0.5) is 0 Å².